The molecule has 0 unspecified atom stereocenters. The SMILES string of the molecule is CCCS(=O)(=O)c1ccccc1C(=O)Nc1ccc(S(=O)(=O)Nc2nccc(C)n2)cc1. The number of carbonyl (C=O) groups is 1. The third-order valence-corrected chi connectivity index (χ3v) is 7.70. The van der Waals surface area contributed by atoms with Gasteiger partial charge in [0.05, 0.1) is 21.1 Å². The number of amides is 1. The number of hydrogen-bond donors (Lipinski definition) is 2. The van der Waals surface area contributed by atoms with E-state index in [1.54, 1.807) is 32.0 Å². The second kappa shape index (κ2) is 9.45. The molecule has 0 aliphatic carbocycles. The van der Waals surface area contributed by atoms with Crippen LogP contribution in [0.25, 0.3) is 0 Å². The molecular weight excluding hydrogens is 452 g/mol. The van der Waals surface area contributed by atoms with Crippen LogP contribution < -0.4 is 10.0 Å². The Morgan fingerprint density at radius 2 is 1.66 bits per heavy atom. The van der Waals surface area contributed by atoms with Crippen LogP contribution in [0.3, 0.4) is 0 Å². The summed E-state index contributed by atoms with van der Waals surface area (Å²) in [6.45, 7) is 3.46. The Balaban J connectivity index is 1.79. The van der Waals surface area contributed by atoms with E-state index in [9.17, 15) is 21.6 Å². The highest BCUT2D eigenvalue weighted by atomic mass is 32.2. The van der Waals surface area contributed by atoms with Gasteiger partial charge in [-0.1, -0.05) is 19.1 Å². The second-order valence-electron chi connectivity index (χ2n) is 6.92. The van der Waals surface area contributed by atoms with Crippen LogP contribution in [0.4, 0.5) is 11.6 Å². The predicted octanol–water partition coefficient (Wildman–Crippen LogP) is 3.02. The Kier molecular flexibility index (Phi) is 6.90. The lowest BCUT2D eigenvalue weighted by molar-refractivity contribution is 0.102. The molecule has 9 nitrogen and oxygen atoms in total. The Morgan fingerprint density at radius 1 is 0.969 bits per heavy atom. The summed E-state index contributed by atoms with van der Waals surface area (Å²) in [5.74, 6) is -0.726. The third-order valence-electron chi connectivity index (χ3n) is 4.38. The van der Waals surface area contributed by atoms with Crippen molar-refractivity contribution in [1.82, 2.24) is 9.97 Å². The number of sulfone groups is 1. The molecule has 0 spiro atoms. The lowest BCUT2D eigenvalue weighted by Gasteiger charge is -2.11. The minimum absolute atomic E-state index is 0.0240. The maximum atomic E-state index is 12.7. The Bertz CT molecular complexity index is 1340. The summed E-state index contributed by atoms with van der Waals surface area (Å²) in [5, 5.41) is 2.61. The number of aryl methyl sites for hydroxylation is 1. The fourth-order valence-corrected chi connectivity index (χ4v) is 5.39. The van der Waals surface area contributed by atoms with E-state index in [0.717, 1.165) is 0 Å². The first-order valence-corrected chi connectivity index (χ1v) is 12.8. The monoisotopic (exact) mass is 474 g/mol. The van der Waals surface area contributed by atoms with Gasteiger partial charge in [-0.3, -0.25) is 4.79 Å². The second-order valence-corrected chi connectivity index (χ2v) is 10.7. The average Bonchev–Trinajstić information content (AvgIpc) is 2.74. The first kappa shape index (κ1) is 23.4. The summed E-state index contributed by atoms with van der Waals surface area (Å²) >= 11 is 0. The number of nitrogens with zero attached hydrogens (tertiary/aromatic N) is 2. The van der Waals surface area contributed by atoms with Gasteiger partial charge in [0.15, 0.2) is 9.84 Å². The van der Waals surface area contributed by atoms with Crippen molar-refractivity contribution in [3.63, 3.8) is 0 Å². The van der Waals surface area contributed by atoms with E-state index in [2.05, 4.69) is 20.0 Å². The molecule has 0 atom stereocenters. The van der Waals surface area contributed by atoms with E-state index in [-0.39, 0.29) is 27.1 Å². The fraction of sp³-hybridized carbons (Fsp3) is 0.190. The standard InChI is InChI=1S/C21H22N4O5S2/c1-3-14-31(27,28)19-7-5-4-6-18(19)20(26)24-16-8-10-17(11-9-16)32(29,30)25-21-22-13-12-15(2)23-21/h4-13H,3,14H2,1-2H3,(H,24,26)(H,22,23,25). The summed E-state index contributed by atoms with van der Waals surface area (Å²) in [6.07, 6.45) is 1.87. The summed E-state index contributed by atoms with van der Waals surface area (Å²) in [6, 6.07) is 13.1. The summed E-state index contributed by atoms with van der Waals surface area (Å²) < 4.78 is 52.3. The number of rotatable bonds is 8. The molecule has 1 heterocycles. The topological polar surface area (TPSA) is 135 Å². The Labute approximate surface area is 186 Å². The summed E-state index contributed by atoms with van der Waals surface area (Å²) in [7, 11) is -7.52. The van der Waals surface area contributed by atoms with Crippen molar-refractivity contribution in [2.45, 2.75) is 30.1 Å². The molecule has 2 aromatic carbocycles. The van der Waals surface area contributed by atoms with Gasteiger partial charge >= 0.3 is 0 Å². The Morgan fingerprint density at radius 3 is 2.31 bits per heavy atom. The molecule has 2 N–H and O–H groups in total. The molecule has 3 aromatic rings. The average molecular weight is 475 g/mol. The van der Waals surface area contributed by atoms with E-state index in [4.69, 9.17) is 0 Å². The zero-order valence-corrected chi connectivity index (χ0v) is 19.1. The van der Waals surface area contributed by atoms with Crippen molar-refractivity contribution in [3.05, 3.63) is 72.1 Å². The number of sulfonamides is 1. The zero-order chi connectivity index (χ0) is 23.4. The van der Waals surface area contributed by atoms with E-state index in [1.165, 1.54) is 42.6 Å². The smallest absolute Gasteiger partial charge is 0.264 e. The van der Waals surface area contributed by atoms with Crippen molar-refractivity contribution in [2.75, 3.05) is 15.8 Å². The van der Waals surface area contributed by atoms with Gasteiger partial charge in [-0.25, -0.2) is 31.5 Å². The maximum Gasteiger partial charge on any atom is 0.264 e. The largest absolute Gasteiger partial charge is 0.322 e. The maximum absolute atomic E-state index is 12.7. The van der Waals surface area contributed by atoms with Crippen LogP contribution in [0.1, 0.15) is 29.4 Å². The van der Waals surface area contributed by atoms with E-state index < -0.39 is 25.8 Å². The van der Waals surface area contributed by atoms with Crippen LogP contribution in [0.5, 0.6) is 0 Å². The third kappa shape index (κ3) is 5.48. The predicted molar refractivity (Wildman–Crippen MR) is 121 cm³/mol. The molecule has 32 heavy (non-hydrogen) atoms. The van der Waals surface area contributed by atoms with E-state index in [1.807, 2.05) is 0 Å². The van der Waals surface area contributed by atoms with Gasteiger partial charge in [0, 0.05) is 17.6 Å². The molecule has 1 amide bonds. The number of anilines is 2. The molecule has 0 saturated heterocycles. The number of aromatic nitrogens is 2. The van der Waals surface area contributed by atoms with Crippen LogP contribution in [-0.2, 0) is 19.9 Å². The number of nitrogens with one attached hydrogen (secondary N) is 2. The first-order valence-electron chi connectivity index (χ1n) is 9.68. The van der Waals surface area contributed by atoms with Gasteiger partial charge in [0.2, 0.25) is 5.95 Å². The van der Waals surface area contributed by atoms with Gasteiger partial charge in [0.25, 0.3) is 15.9 Å². The van der Waals surface area contributed by atoms with Gasteiger partial charge in [0.1, 0.15) is 0 Å². The molecule has 168 valence electrons. The molecule has 0 bridgehead atoms. The van der Waals surface area contributed by atoms with Crippen molar-refractivity contribution < 1.29 is 21.6 Å². The van der Waals surface area contributed by atoms with Crippen LogP contribution in [-0.4, -0.2) is 38.5 Å². The minimum Gasteiger partial charge on any atom is -0.322 e. The highest BCUT2D eigenvalue weighted by Crippen LogP contribution is 2.21. The van der Waals surface area contributed by atoms with Crippen LogP contribution >= 0.6 is 0 Å². The molecule has 0 fully saturated rings. The first-order chi connectivity index (χ1) is 15.1. The molecule has 0 radical (unpaired) electrons. The van der Waals surface area contributed by atoms with Crippen molar-refractivity contribution >= 4 is 37.4 Å². The molecule has 3 rings (SSSR count). The molecule has 11 heteroatoms. The molecular formula is C21H22N4O5S2. The normalized spacial score (nSPS) is 11.7. The van der Waals surface area contributed by atoms with E-state index >= 15 is 0 Å². The van der Waals surface area contributed by atoms with Gasteiger partial charge in [-0.2, -0.15) is 0 Å². The van der Waals surface area contributed by atoms with Crippen LogP contribution in [0, 0.1) is 6.92 Å². The van der Waals surface area contributed by atoms with Gasteiger partial charge in [-0.15, -0.1) is 0 Å². The van der Waals surface area contributed by atoms with Crippen LogP contribution in [0.15, 0.2) is 70.6 Å². The molecule has 1 aromatic heterocycles. The van der Waals surface area contributed by atoms with Crippen molar-refractivity contribution in [2.24, 2.45) is 0 Å². The molecule has 0 aliphatic heterocycles. The number of benzene rings is 2. The summed E-state index contributed by atoms with van der Waals surface area (Å²) in [5.41, 5.74) is 0.941. The fourth-order valence-electron chi connectivity index (χ4n) is 2.90. The lowest BCUT2D eigenvalue weighted by atomic mass is 10.2. The van der Waals surface area contributed by atoms with Gasteiger partial charge in [-0.05, 0) is 55.8 Å². The zero-order valence-electron chi connectivity index (χ0n) is 17.4. The highest BCUT2D eigenvalue weighted by molar-refractivity contribution is 7.92. The highest BCUT2D eigenvalue weighted by Gasteiger charge is 2.22. The number of carbonyl (C=O) groups excluding carboxylic acids is 1. The summed E-state index contributed by atoms with van der Waals surface area (Å²) in [4.78, 5) is 20.5. The minimum atomic E-state index is -3.93. The van der Waals surface area contributed by atoms with Crippen LogP contribution in [0.2, 0.25) is 0 Å². The number of hydrogen-bond acceptors (Lipinski definition) is 7. The van der Waals surface area contributed by atoms with E-state index in [0.29, 0.717) is 17.8 Å². The van der Waals surface area contributed by atoms with Gasteiger partial charge < -0.3 is 5.32 Å². The van der Waals surface area contributed by atoms with Crippen molar-refractivity contribution in [3.8, 4) is 0 Å². The quantitative estimate of drug-likeness (QED) is 0.512. The molecule has 0 saturated carbocycles. The molecule has 0 aliphatic rings. The Hall–Kier alpha value is -3.31. The van der Waals surface area contributed by atoms with Crippen molar-refractivity contribution in [1.29, 1.82) is 0 Å². The lowest BCUT2D eigenvalue weighted by Crippen LogP contribution is -2.18.